The fourth-order valence-corrected chi connectivity index (χ4v) is 1.22. The van der Waals surface area contributed by atoms with Crippen LogP contribution in [0, 0.1) is 0 Å². The molecule has 1 atom stereocenters. The van der Waals surface area contributed by atoms with E-state index in [-0.39, 0.29) is 11.5 Å². The van der Waals surface area contributed by atoms with Crippen LogP contribution in [-0.4, -0.2) is 22.7 Å². The molecule has 5 nitrogen and oxygen atoms in total. The number of Topliss-reactive ketones (excluding diaryl/α,β-unsaturated/α-hetero) is 1. The van der Waals surface area contributed by atoms with Gasteiger partial charge in [-0.3, -0.25) is 14.4 Å². The Kier molecular flexibility index (Phi) is 3.38. The van der Waals surface area contributed by atoms with E-state index in [9.17, 15) is 14.4 Å². The van der Waals surface area contributed by atoms with Gasteiger partial charge in [0.15, 0.2) is 5.78 Å². The first-order valence-corrected chi connectivity index (χ1v) is 4.51. The van der Waals surface area contributed by atoms with Gasteiger partial charge in [0.25, 0.3) is 5.56 Å². The maximum absolute atomic E-state index is 11.7. The molecular formula is C10H12N2O3. The van der Waals surface area contributed by atoms with Crippen molar-refractivity contribution in [2.75, 3.05) is 0 Å². The first kappa shape index (κ1) is 11.2. The molecule has 0 radical (unpaired) electrons. The first-order chi connectivity index (χ1) is 7.02. The zero-order valence-corrected chi connectivity index (χ0v) is 8.53. The molecular weight excluding hydrogens is 196 g/mol. The Morgan fingerprint density at radius 1 is 1.47 bits per heavy atom. The Balaban J connectivity index is 2.90. The number of pyridine rings is 1. The number of carbonyl (C=O) groups excluding carboxylic acids is 2. The zero-order chi connectivity index (χ0) is 11.4. The number of amides is 1. The molecule has 1 aromatic heterocycles. The molecule has 1 amide bonds. The number of H-pyrrole nitrogens is 1. The van der Waals surface area contributed by atoms with E-state index >= 15 is 0 Å². The summed E-state index contributed by atoms with van der Waals surface area (Å²) >= 11 is 0. The lowest BCUT2D eigenvalue weighted by atomic mass is 10.1. The molecule has 0 unspecified atom stereocenters. The van der Waals surface area contributed by atoms with Gasteiger partial charge >= 0.3 is 0 Å². The Morgan fingerprint density at radius 2 is 2.13 bits per heavy atom. The molecule has 1 heterocycles. The zero-order valence-electron chi connectivity index (χ0n) is 8.53. The summed E-state index contributed by atoms with van der Waals surface area (Å²) in [5, 5.41) is 2.43. The Bertz CT molecular complexity index is 436. The second-order valence-electron chi connectivity index (χ2n) is 3.20. The van der Waals surface area contributed by atoms with Crippen molar-refractivity contribution < 1.29 is 9.59 Å². The fourth-order valence-electron chi connectivity index (χ4n) is 1.22. The average molecular weight is 208 g/mol. The van der Waals surface area contributed by atoms with Crippen LogP contribution in [0.5, 0.6) is 0 Å². The molecule has 0 bridgehead atoms. The second-order valence-corrected chi connectivity index (χ2v) is 3.20. The van der Waals surface area contributed by atoms with Crippen LogP contribution in [0.2, 0.25) is 0 Å². The predicted octanol–water partition coefficient (Wildman–Crippen LogP) is 0.0822. The topological polar surface area (TPSA) is 79.0 Å². The van der Waals surface area contributed by atoms with Crippen LogP contribution in [0.25, 0.3) is 0 Å². The van der Waals surface area contributed by atoms with Crippen LogP contribution in [0.3, 0.4) is 0 Å². The number of ketones is 1. The summed E-state index contributed by atoms with van der Waals surface area (Å²) < 4.78 is 0. The third-order valence-corrected chi connectivity index (χ3v) is 1.90. The van der Waals surface area contributed by atoms with Crippen molar-refractivity contribution in [3.8, 4) is 0 Å². The predicted molar refractivity (Wildman–Crippen MR) is 54.7 cm³/mol. The Morgan fingerprint density at radius 3 is 2.67 bits per heavy atom. The van der Waals surface area contributed by atoms with Crippen LogP contribution in [-0.2, 0) is 4.79 Å². The third-order valence-electron chi connectivity index (χ3n) is 1.90. The van der Waals surface area contributed by atoms with E-state index in [4.69, 9.17) is 0 Å². The Hall–Kier alpha value is -1.91. The molecule has 0 aliphatic heterocycles. The molecule has 0 spiro atoms. The second kappa shape index (κ2) is 4.54. The van der Waals surface area contributed by atoms with E-state index < -0.39 is 17.4 Å². The molecule has 0 fully saturated rings. The van der Waals surface area contributed by atoms with Gasteiger partial charge in [-0.2, -0.15) is 0 Å². The minimum atomic E-state index is -0.689. The highest BCUT2D eigenvalue weighted by molar-refractivity contribution is 6.01. The van der Waals surface area contributed by atoms with Crippen molar-refractivity contribution in [3.05, 3.63) is 34.2 Å². The SMILES string of the molecule is CC(=O)N[C@H](C)C(=O)c1ccc[nH]c1=O. The molecule has 0 saturated carbocycles. The quantitative estimate of drug-likeness (QED) is 0.690. The maximum atomic E-state index is 11.7. The summed E-state index contributed by atoms with van der Waals surface area (Å²) in [6.07, 6.45) is 1.45. The minimum absolute atomic E-state index is 0.0544. The van der Waals surface area contributed by atoms with Crippen LogP contribution in [0.1, 0.15) is 24.2 Å². The number of aromatic nitrogens is 1. The van der Waals surface area contributed by atoms with Crippen molar-refractivity contribution in [2.24, 2.45) is 0 Å². The summed E-state index contributed by atoms with van der Waals surface area (Å²) in [5.41, 5.74) is -0.390. The first-order valence-electron chi connectivity index (χ1n) is 4.51. The molecule has 2 N–H and O–H groups in total. The summed E-state index contributed by atoms with van der Waals surface area (Å²) in [4.78, 5) is 36.1. The number of hydrogen-bond acceptors (Lipinski definition) is 3. The molecule has 15 heavy (non-hydrogen) atoms. The number of aromatic amines is 1. The highest BCUT2D eigenvalue weighted by Crippen LogP contribution is 1.96. The van der Waals surface area contributed by atoms with Crippen molar-refractivity contribution in [3.63, 3.8) is 0 Å². The molecule has 0 aliphatic carbocycles. The molecule has 0 aromatic carbocycles. The monoisotopic (exact) mass is 208 g/mol. The average Bonchev–Trinajstić information content (AvgIpc) is 2.16. The maximum Gasteiger partial charge on any atom is 0.258 e. The Labute approximate surface area is 86.5 Å². The van der Waals surface area contributed by atoms with E-state index in [1.807, 2.05) is 0 Å². The van der Waals surface area contributed by atoms with Crippen LogP contribution >= 0.6 is 0 Å². The van der Waals surface area contributed by atoms with E-state index in [1.54, 1.807) is 6.07 Å². The molecule has 0 aliphatic rings. The number of hydrogen-bond donors (Lipinski definition) is 2. The molecule has 1 aromatic rings. The number of rotatable bonds is 3. The van der Waals surface area contributed by atoms with E-state index in [0.29, 0.717) is 0 Å². The standard InChI is InChI=1S/C10H12N2O3/c1-6(12-7(2)13)9(14)8-4-3-5-11-10(8)15/h3-6H,1-2H3,(H,11,15)(H,12,13)/t6-/m1/s1. The van der Waals surface area contributed by atoms with Gasteiger partial charge in [0.05, 0.1) is 11.6 Å². The van der Waals surface area contributed by atoms with Gasteiger partial charge in [0.1, 0.15) is 0 Å². The van der Waals surface area contributed by atoms with Crippen LogP contribution < -0.4 is 10.9 Å². The van der Waals surface area contributed by atoms with Gasteiger partial charge in [-0.1, -0.05) is 0 Å². The normalized spacial score (nSPS) is 11.9. The van der Waals surface area contributed by atoms with Gasteiger partial charge in [-0.15, -0.1) is 0 Å². The van der Waals surface area contributed by atoms with Crippen LogP contribution in [0.4, 0.5) is 0 Å². The number of carbonyl (C=O) groups is 2. The largest absolute Gasteiger partial charge is 0.346 e. The summed E-state index contributed by atoms with van der Waals surface area (Å²) in [6, 6.07) is 2.31. The van der Waals surface area contributed by atoms with Crippen molar-refractivity contribution >= 4 is 11.7 Å². The van der Waals surface area contributed by atoms with Gasteiger partial charge in [-0.05, 0) is 19.1 Å². The summed E-state index contributed by atoms with van der Waals surface area (Å²) in [5.74, 6) is -0.699. The van der Waals surface area contributed by atoms with Crippen molar-refractivity contribution in [1.82, 2.24) is 10.3 Å². The molecule has 1 rings (SSSR count). The minimum Gasteiger partial charge on any atom is -0.346 e. The molecule has 80 valence electrons. The van der Waals surface area contributed by atoms with E-state index in [0.717, 1.165) is 0 Å². The lowest BCUT2D eigenvalue weighted by Gasteiger charge is -2.10. The van der Waals surface area contributed by atoms with Gasteiger partial charge in [0.2, 0.25) is 5.91 Å². The highest BCUT2D eigenvalue weighted by Gasteiger charge is 2.18. The van der Waals surface area contributed by atoms with E-state index in [2.05, 4.69) is 10.3 Å². The molecule has 5 heteroatoms. The summed E-state index contributed by atoms with van der Waals surface area (Å²) in [6.45, 7) is 2.86. The third kappa shape index (κ3) is 2.77. The van der Waals surface area contributed by atoms with Crippen molar-refractivity contribution in [2.45, 2.75) is 19.9 Å². The van der Waals surface area contributed by atoms with Gasteiger partial charge < -0.3 is 10.3 Å². The van der Waals surface area contributed by atoms with Crippen LogP contribution in [0.15, 0.2) is 23.1 Å². The lowest BCUT2D eigenvalue weighted by molar-refractivity contribution is -0.119. The highest BCUT2D eigenvalue weighted by atomic mass is 16.2. The van der Waals surface area contributed by atoms with Gasteiger partial charge in [-0.25, -0.2) is 0 Å². The lowest BCUT2D eigenvalue weighted by Crippen LogP contribution is -2.39. The number of nitrogens with one attached hydrogen (secondary N) is 2. The smallest absolute Gasteiger partial charge is 0.258 e. The summed E-state index contributed by atoms with van der Waals surface area (Å²) in [7, 11) is 0. The van der Waals surface area contributed by atoms with Gasteiger partial charge in [0, 0.05) is 13.1 Å². The van der Waals surface area contributed by atoms with Crippen molar-refractivity contribution in [1.29, 1.82) is 0 Å². The van der Waals surface area contributed by atoms with E-state index in [1.165, 1.54) is 26.1 Å². The molecule has 0 saturated heterocycles. The fraction of sp³-hybridized carbons (Fsp3) is 0.300.